The highest BCUT2D eigenvalue weighted by atomic mass is 35.5. The van der Waals surface area contributed by atoms with Crippen LogP contribution < -0.4 is 16.4 Å². The summed E-state index contributed by atoms with van der Waals surface area (Å²) in [4.78, 5) is 16.6. The minimum atomic E-state index is -0.291. The molecule has 3 aromatic rings. The Morgan fingerprint density at radius 1 is 1.48 bits per heavy atom. The summed E-state index contributed by atoms with van der Waals surface area (Å²) in [6, 6.07) is 5.15. The molecule has 3 rings (SSSR count). The number of rotatable bonds is 6. The first-order valence-corrected chi connectivity index (χ1v) is 8.23. The van der Waals surface area contributed by atoms with Gasteiger partial charge in [0.15, 0.2) is 5.58 Å². The first kappa shape index (κ1) is 17.3. The second-order valence-electron chi connectivity index (χ2n) is 5.76. The predicted molar refractivity (Wildman–Crippen MR) is 95.8 cm³/mol. The van der Waals surface area contributed by atoms with E-state index in [1.807, 2.05) is 19.1 Å². The Hall–Kier alpha value is -2.51. The molecule has 0 spiro atoms. The van der Waals surface area contributed by atoms with Gasteiger partial charge in [0.2, 0.25) is 0 Å². The van der Waals surface area contributed by atoms with Crippen LogP contribution in [0.15, 0.2) is 33.3 Å². The highest BCUT2D eigenvalue weighted by Crippen LogP contribution is 2.33. The number of carbonyl (C=O) groups excluding carboxylic acids is 1. The molecular weight excluding hydrogens is 344 g/mol. The van der Waals surface area contributed by atoms with E-state index < -0.39 is 0 Å². The number of fused-ring (bicyclic) bond motifs is 1. The number of furan rings is 2. The van der Waals surface area contributed by atoms with Gasteiger partial charge < -0.3 is 25.2 Å². The number of carbonyl (C=O) groups is 1. The highest BCUT2D eigenvalue weighted by molar-refractivity contribution is 6.30. The molecule has 7 nitrogen and oxygen atoms in total. The van der Waals surface area contributed by atoms with E-state index in [2.05, 4.69) is 15.6 Å². The van der Waals surface area contributed by atoms with E-state index in [1.165, 1.54) is 0 Å². The molecular formula is C17H19ClN4O3. The normalized spacial score (nSPS) is 12.3. The van der Waals surface area contributed by atoms with E-state index in [-0.39, 0.29) is 17.1 Å². The SMILES string of the molecule is CNC(=O)c1c(CC(C)N)oc2c(NCc3ccco3)cc(Cl)nc12. The predicted octanol–water partition coefficient (Wildman–Crippen LogP) is 2.94. The van der Waals surface area contributed by atoms with Crippen LogP contribution in [0.4, 0.5) is 5.69 Å². The van der Waals surface area contributed by atoms with Crippen LogP contribution in [0, 0.1) is 0 Å². The topological polar surface area (TPSA) is 106 Å². The van der Waals surface area contributed by atoms with Gasteiger partial charge in [0, 0.05) is 25.6 Å². The minimum absolute atomic E-state index is 0.168. The Morgan fingerprint density at radius 2 is 2.28 bits per heavy atom. The van der Waals surface area contributed by atoms with Gasteiger partial charge in [-0.2, -0.15) is 0 Å². The van der Waals surface area contributed by atoms with Crippen molar-refractivity contribution in [3.8, 4) is 0 Å². The molecule has 0 fully saturated rings. The van der Waals surface area contributed by atoms with Crippen LogP contribution in [0.2, 0.25) is 5.15 Å². The lowest BCUT2D eigenvalue weighted by Gasteiger charge is -2.05. The lowest BCUT2D eigenvalue weighted by Crippen LogP contribution is -2.22. The van der Waals surface area contributed by atoms with Gasteiger partial charge in [-0.1, -0.05) is 11.6 Å². The number of nitrogens with two attached hydrogens (primary N) is 1. The maximum atomic E-state index is 12.3. The van der Waals surface area contributed by atoms with Crippen LogP contribution in [-0.2, 0) is 13.0 Å². The Bertz CT molecular complexity index is 887. The summed E-state index contributed by atoms with van der Waals surface area (Å²) in [5, 5.41) is 6.07. The largest absolute Gasteiger partial charge is 0.467 e. The van der Waals surface area contributed by atoms with Crippen molar-refractivity contribution in [3.63, 3.8) is 0 Å². The maximum Gasteiger partial charge on any atom is 0.256 e. The van der Waals surface area contributed by atoms with Crippen LogP contribution in [0.1, 0.15) is 28.8 Å². The summed E-state index contributed by atoms with van der Waals surface area (Å²) in [5.74, 6) is 0.955. The summed E-state index contributed by atoms with van der Waals surface area (Å²) < 4.78 is 11.2. The number of halogens is 1. The molecule has 1 unspecified atom stereocenters. The van der Waals surface area contributed by atoms with Gasteiger partial charge in [0.1, 0.15) is 27.8 Å². The van der Waals surface area contributed by atoms with Gasteiger partial charge in [-0.15, -0.1) is 0 Å². The molecule has 3 heterocycles. The zero-order valence-corrected chi connectivity index (χ0v) is 14.7. The van der Waals surface area contributed by atoms with Crippen molar-refractivity contribution in [1.82, 2.24) is 10.3 Å². The molecule has 132 valence electrons. The third kappa shape index (κ3) is 3.62. The van der Waals surface area contributed by atoms with E-state index in [9.17, 15) is 4.79 Å². The number of aromatic nitrogens is 1. The van der Waals surface area contributed by atoms with Crippen molar-refractivity contribution >= 4 is 34.3 Å². The number of nitrogens with zero attached hydrogens (tertiary/aromatic N) is 1. The number of pyridine rings is 1. The summed E-state index contributed by atoms with van der Waals surface area (Å²) in [6.07, 6.45) is 2.01. The van der Waals surface area contributed by atoms with Crippen LogP contribution in [0.5, 0.6) is 0 Å². The summed E-state index contributed by atoms with van der Waals surface area (Å²) in [7, 11) is 1.55. The third-order valence-corrected chi connectivity index (χ3v) is 3.87. The van der Waals surface area contributed by atoms with Crippen molar-refractivity contribution in [2.75, 3.05) is 12.4 Å². The standard InChI is InChI=1S/C17H19ClN4O3/c1-9(19)6-12-14(17(23)20-2)15-16(25-12)11(7-13(18)22-15)21-8-10-4-3-5-24-10/h3-5,7,9H,6,8,19H2,1-2H3,(H,20,23)(H,21,22). The third-order valence-electron chi connectivity index (χ3n) is 3.68. The minimum Gasteiger partial charge on any atom is -0.467 e. The fourth-order valence-electron chi connectivity index (χ4n) is 2.60. The van der Waals surface area contributed by atoms with Crippen molar-refractivity contribution in [1.29, 1.82) is 0 Å². The number of hydrogen-bond acceptors (Lipinski definition) is 6. The lowest BCUT2D eigenvalue weighted by molar-refractivity contribution is 0.0962. The van der Waals surface area contributed by atoms with Gasteiger partial charge in [0.05, 0.1) is 18.5 Å². The summed E-state index contributed by atoms with van der Waals surface area (Å²) in [5.41, 5.74) is 7.74. The molecule has 0 radical (unpaired) electrons. The molecule has 0 aliphatic carbocycles. The van der Waals surface area contributed by atoms with Crippen molar-refractivity contribution in [3.05, 3.63) is 46.7 Å². The maximum absolute atomic E-state index is 12.3. The van der Waals surface area contributed by atoms with E-state index in [0.29, 0.717) is 41.1 Å². The van der Waals surface area contributed by atoms with Crippen LogP contribution in [0.25, 0.3) is 11.1 Å². The highest BCUT2D eigenvalue weighted by Gasteiger charge is 2.24. The van der Waals surface area contributed by atoms with E-state index in [4.69, 9.17) is 26.2 Å². The molecule has 0 saturated heterocycles. The van der Waals surface area contributed by atoms with Gasteiger partial charge >= 0.3 is 0 Å². The molecule has 3 aromatic heterocycles. The van der Waals surface area contributed by atoms with Crippen molar-refractivity contribution in [2.24, 2.45) is 5.73 Å². The summed E-state index contributed by atoms with van der Waals surface area (Å²) >= 11 is 6.15. The lowest BCUT2D eigenvalue weighted by atomic mass is 10.1. The fourth-order valence-corrected chi connectivity index (χ4v) is 2.80. The molecule has 1 atom stereocenters. The zero-order chi connectivity index (χ0) is 18.0. The average Bonchev–Trinajstić information content (AvgIpc) is 3.19. The van der Waals surface area contributed by atoms with Crippen LogP contribution in [0.3, 0.4) is 0 Å². The van der Waals surface area contributed by atoms with E-state index in [1.54, 1.807) is 19.4 Å². The molecule has 0 aliphatic rings. The Morgan fingerprint density at radius 3 is 2.92 bits per heavy atom. The molecule has 0 bridgehead atoms. The van der Waals surface area contributed by atoms with Crippen LogP contribution in [-0.4, -0.2) is 24.0 Å². The molecule has 8 heteroatoms. The first-order valence-electron chi connectivity index (χ1n) is 7.85. The van der Waals surface area contributed by atoms with E-state index in [0.717, 1.165) is 5.76 Å². The quantitative estimate of drug-likeness (QED) is 0.582. The number of anilines is 1. The monoisotopic (exact) mass is 362 g/mol. The average molecular weight is 363 g/mol. The Labute approximate surface area is 149 Å². The molecule has 0 saturated carbocycles. The molecule has 0 aliphatic heterocycles. The first-order chi connectivity index (χ1) is 12.0. The van der Waals surface area contributed by atoms with Crippen molar-refractivity contribution in [2.45, 2.75) is 25.9 Å². The smallest absolute Gasteiger partial charge is 0.256 e. The second kappa shape index (κ2) is 7.16. The van der Waals surface area contributed by atoms with Crippen molar-refractivity contribution < 1.29 is 13.6 Å². The number of hydrogen-bond donors (Lipinski definition) is 3. The van der Waals surface area contributed by atoms with Gasteiger partial charge in [-0.05, 0) is 19.1 Å². The Kier molecular flexibility index (Phi) is 4.96. The molecule has 1 amide bonds. The number of amides is 1. The zero-order valence-electron chi connectivity index (χ0n) is 13.9. The van der Waals surface area contributed by atoms with Gasteiger partial charge in [0.25, 0.3) is 5.91 Å². The second-order valence-corrected chi connectivity index (χ2v) is 6.15. The molecule has 4 N–H and O–H groups in total. The Balaban J connectivity index is 2.08. The van der Waals surface area contributed by atoms with Crippen LogP contribution >= 0.6 is 11.6 Å². The molecule has 0 aromatic carbocycles. The molecule has 25 heavy (non-hydrogen) atoms. The summed E-state index contributed by atoms with van der Waals surface area (Å²) in [6.45, 7) is 2.29. The van der Waals surface area contributed by atoms with E-state index >= 15 is 0 Å². The number of nitrogens with one attached hydrogen (secondary N) is 2. The van der Waals surface area contributed by atoms with Gasteiger partial charge in [-0.3, -0.25) is 4.79 Å². The van der Waals surface area contributed by atoms with Gasteiger partial charge in [-0.25, -0.2) is 4.98 Å². The fraction of sp³-hybridized carbons (Fsp3) is 0.294.